The van der Waals surface area contributed by atoms with Crippen molar-refractivity contribution in [3.63, 3.8) is 0 Å². The molecule has 1 aliphatic heterocycles. The lowest BCUT2D eigenvalue weighted by molar-refractivity contribution is 0.0153. The molecule has 0 radical (unpaired) electrons. The van der Waals surface area contributed by atoms with Crippen LogP contribution < -0.4 is 5.32 Å². The standard InChI is InChI=1S/C20H29N5O2/c1-15(2)12-16-13-18(24(3)23-16)20(26)22-14-19(17-6-4-5-7-21-17)25-8-10-27-11-9-25/h4-7,13,15,19H,8-12,14H2,1-3H3,(H,22,26)/t19-/m0/s1. The van der Waals surface area contributed by atoms with Crippen molar-refractivity contribution in [1.29, 1.82) is 0 Å². The maximum absolute atomic E-state index is 12.7. The fraction of sp³-hybridized carbons (Fsp3) is 0.550. The molecule has 2 aromatic rings. The molecule has 1 atom stereocenters. The Bertz CT molecular complexity index is 738. The van der Waals surface area contributed by atoms with Gasteiger partial charge in [-0.05, 0) is 30.5 Å². The van der Waals surface area contributed by atoms with Crippen LogP contribution in [0.5, 0.6) is 0 Å². The van der Waals surface area contributed by atoms with Crippen molar-refractivity contribution in [3.05, 3.63) is 47.5 Å². The largest absolute Gasteiger partial charge is 0.379 e. The molecule has 0 aliphatic carbocycles. The van der Waals surface area contributed by atoms with E-state index in [1.54, 1.807) is 10.9 Å². The van der Waals surface area contributed by atoms with Crippen LogP contribution in [0.4, 0.5) is 0 Å². The molecule has 1 saturated heterocycles. The lowest BCUT2D eigenvalue weighted by Gasteiger charge is -2.34. The molecule has 1 fully saturated rings. The van der Waals surface area contributed by atoms with Crippen LogP contribution in [0.25, 0.3) is 0 Å². The highest BCUT2D eigenvalue weighted by atomic mass is 16.5. The average Bonchev–Trinajstić information content (AvgIpc) is 3.03. The highest BCUT2D eigenvalue weighted by Gasteiger charge is 2.25. The Kier molecular flexibility index (Phi) is 6.58. The number of carbonyl (C=O) groups is 1. The number of morpholine rings is 1. The molecule has 27 heavy (non-hydrogen) atoms. The van der Waals surface area contributed by atoms with Crippen molar-refractivity contribution in [1.82, 2.24) is 25.0 Å². The zero-order valence-electron chi connectivity index (χ0n) is 16.4. The third-order valence-corrected chi connectivity index (χ3v) is 4.75. The monoisotopic (exact) mass is 371 g/mol. The van der Waals surface area contributed by atoms with Gasteiger partial charge in [0.05, 0.1) is 30.6 Å². The first-order valence-electron chi connectivity index (χ1n) is 9.58. The van der Waals surface area contributed by atoms with Gasteiger partial charge in [0, 0.05) is 32.9 Å². The SMILES string of the molecule is CC(C)Cc1cc(C(=O)NC[C@@H](c2ccccn2)N2CCOCC2)n(C)n1. The van der Waals surface area contributed by atoms with Gasteiger partial charge in [0.1, 0.15) is 5.69 Å². The van der Waals surface area contributed by atoms with Crippen molar-refractivity contribution < 1.29 is 9.53 Å². The number of hydrogen-bond acceptors (Lipinski definition) is 5. The smallest absolute Gasteiger partial charge is 0.269 e. The van der Waals surface area contributed by atoms with Gasteiger partial charge in [-0.3, -0.25) is 19.4 Å². The van der Waals surface area contributed by atoms with Gasteiger partial charge in [0.25, 0.3) is 5.91 Å². The van der Waals surface area contributed by atoms with Gasteiger partial charge >= 0.3 is 0 Å². The molecule has 3 heterocycles. The quantitative estimate of drug-likeness (QED) is 0.804. The number of ether oxygens (including phenoxy) is 1. The third kappa shape index (κ3) is 5.14. The molecular weight excluding hydrogens is 342 g/mol. The minimum atomic E-state index is -0.103. The summed E-state index contributed by atoms with van der Waals surface area (Å²) in [6, 6.07) is 7.82. The maximum Gasteiger partial charge on any atom is 0.269 e. The summed E-state index contributed by atoms with van der Waals surface area (Å²) in [5.74, 6) is 0.403. The highest BCUT2D eigenvalue weighted by Crippen LogP contribution is 2.19. The van der Waals surface area contributed by atoms with Crippen LogP contribution in [0, 0.1) is 5.92 Å². The van der Waals surface area contributed by atoms with E-state index in [2.05, 4.69) is 34.1 Å². The number of nitrogens with one attached hydrogen (secondary N) is 1. The molecule has 7 nitrogen and oxygen atoms in total. The summed E-state index contributed by atoms with van der Waals surface area (Å²) >= 11 is 0. The summed E-state index contributed by atoms with van der Waals surface area (Å²) in [6.07, 6.45) is 2.66. The van der Waals surface area contributed by atoms with Gasteiger partial charge in [0.15, 0.2) is 0 Å². The zero-order valence-corrected chi connectivity index (χ0v) is 16.4. The summed E-state index contributed by atoms with van der Waals surface area (Å²) < 4.78 is 7.13. The normalized spacial score (nSPS) is 16.4. The van der Waals surface area contributed by atoms with Crippen LogP contribution in [0.3, 0.4) is 0 Å². The lowest BCUT2D eigenvalue weighted by atomic mass is 10.1. The van der Waals surface area contributed by atoms with Gasteiger partial charge in [0.2, 0.25) is 0 Å². The molecule has 0 saturated carbocycles. The molecular formula is C20H29N5O2. The number of amides is 1. The average molecular weight is 371 g/mol. The Morgan fingerprint density at radius 3 is 2.74 bits per heavy atom. The molecule has 0 aromatic carbocycles. The van der Waals surface area contributed by atoms with E-state index in [4.69, 9.17) is 4.74 Å². The number of aromatic nitrogens is 3. The maximum atomic E-state index is 12.7. The predicted octanol–water partition coefficient (Wildman–Crippen LogP) is 1.82. The van der Waals surface area contributed by atoms with Gasteiger partial charge < -0.3 is 10.1 Å². The van der Waals surface area contributed by atoms with Crippen molar-refractivity contribution in [2.24, 2.45) is 13.0 Å². The molecule has 1 N–H and O–H groups in total. The number of rotatable bonds is 7. The first-order valence-corrected chi connectivity index (χ1v) is 9.58. The van der Waals surface area contributed by atoms with Crippen molar-refractivity contribution in [2.75, 3.05) is 32.8 Å². The molecule has 0 bridgehead atoms. The van der Waals surface area contributed by atoms with E-state index in [1.807, 2.05) is 31.3 Å². The molecule has 146 valence electrons. The Balaban J connectivity index is 1.69. The summed E-state index contributed by atoms with van der Waals surface area (Å²) in [7, 11) is 1.82. The van der Waals surface area contributed by atoms with Crippen LogP contribution in [-0.2, 0) is 18.2 Å². The Hall–Kier alpha value is -2.25. The Labute approximate surface area is 160 Å². The molecule has 1 aliphatic rings. The first kappa shape index (κ1) is 19.5. The number of nitrogens with zero attached hydrogens (tertiary/aromatic N) is 4. The second kappa shape index (κ2) is 9.10. The molecule has 3 rings (SSSR count). The third-order valence-electron chi connectivity index (χ3n) is 4.75. The van der Waals surface area contributed by atoms with Crippen LogP contribution in [0.2, 0.25) is 0 Å². The van der Waals surface area contributed by atoms with Gasteiger partial charge in [-0.15, -0.1) is 0 Å². The fourth-order valence-corrected chi connectivity index (χ4v) is 3.42. The van der Waals surface area contributed by atoms with Gasteiger partial charge in [-0.2, -0.15) is 5.10 Å². The Morgan fingerprint density at radius 2 is 2.07 bits per heavy atom. The Morgan fingerprint density at radius 1 is 1.30 bits per heavy atom. The summed E-state index contributed by atoms with van der Waals surface area (Å²) in [4.78, 5) is 19.6. The summed E-state index contributed by atoms with van der Waals surface area (Å²) in [5.41, 5.74) is 2.50. The minimum Gasteiger partial charge on any atom is -0.379 e. The first-order chi connectivity index (χ1) is 13.0. The number of aryl methyl sites for hydroxylation is 1. The molecule has 1 amide bonds. The molecule has 7 heteroatoms. The summed E-state index contributed by atoms with van der Waals surface area (Å²) in [6.45, 7) is 7.88. The van der Waals surface area contributed by atoms with E-state index < -0.39 is 0 Å². The molecule has 0 spiro atoms. The van der Waals surface area contributed by atoms with E-state index in [1.165, 1.54) is 0 Å². The second-order valence-electron chi connectivity index (χ2n) is 7.37. The van der Waals surface area contributed by atoms with Gasteiger partial charge in [-0.1, -0.05) is 19.9 Å². The minimum absolute atomic E-state index is 0.0300. The molecule has 2 aromatic heterocycles. The van der Waals surface area contributed by atoms with E-state index >= 15 is 0 Å². The number of carbonyl (C=O) groups excluding carboxylic acids is 1. The van der Waals surface area contributed by atoms with E-state index in [9.17, 15) is 4.79 Å². The van der Waals surface area contributed by atoms with Crippen LogP contribution in [0.15, 0.2) is 30.5 Å². The van der Waals surface area contributed by atoms with Crippen LogP contribution in [0.1, 0.15) is 41.8 Å². The van der Waals surface area contributed by atoms with Crippen molar-refractivity contribution in [2.45, 2.75) is 26.3 Å². The van der Waals surface area contributed by atoms with E-state index in [0.717, 1.165) is 30.9 Å². The zero-order chi connectivity index (χ0) is 19.2. The van der Waals surface area contributed by atoms with Crippen LogP contribution in [-0.4, -0.2) is 58.4 Å². The topological polar surface area (TPSA) is 72.3 Å². The summed E-state index contributed by atoms with van der Waals surface area (Å²) in [5, 5.41) is 7.54. The van der Waals surface area contributed by atoms with Crippen molar-refractivity contribution in [3.8, 4) is 0 Å². The highest BCUT2D eigenvalue weighted by molar-refractivity contribution is 5.92. The lowest BCUT2D eigenvalue weighted by Crippen LogP contribution is -2.44. The number of hydrogen-bond donors (Lipinski definition) is 1. The second-order valence-corrected chi connectivity index (χ2v) is 7.37. The van der Waals surface area contributed by atoms with Crippen LogP contribution >= 0.6 is 0 Å². The molecule has 0 unspecified atom stereocenters. The predicted molar refractivity (Wildman–Crippen MR) is 103 cm³/mol. The van der Waals surface area contributed by atoms with E-state index in [0.29, 0.717) is 31.4 Å². The fourth-order valence-electron chi connectivity index (χ4n) is 3.42. The van der Waals surface area contributed by atoms with Gasteiger partial charge in [-0.25, -0.2) is 0 Å². The number of pyridine rings is 1. The van der Waals surface area contributed by atoms with Crippen molar-refractivity contribution >= 4 is 5.91 Å². The van der Waals surface area contributed by atoms with E-state index in [-0.39, 0.29) is 11.9 Å².